The number of nitrogens with one attached hydrogen (secondary N) is 1. The van der Waals surface area contributed by atoms with Crippen molar-refractivity contribution >= 4 is 84.0 Å². The second-order valence-corrected chi connectivity index (χ2v) is 13.3. The number of anilines is 4. The molecular formula is C28H21FN11Na3O11S3. The third kappa shape index (κ3) is 13.4. The quantitative estimate of drug-likeness (QED) is 0.0145. The molecule has 29 heteroatoms. The molecule has 2 heterocycles. The average molecular weight is 872 g/mol. The van der Waals surface area contributed by atoms with Crippen molar-refractivity contribution in [1.82, 2.24) is 15.0 Å². The van der Waals surface area contributed by atoms with Crippen molar-refractivity contribution in [3.8, 4) is 5.95 Å². The number of carbonyl (C=O) groups excluding carboxylic acids is 1. The standard InChI is InChI=1S/C27H20FN11O11S3.CH4.3Na/c28-25-32-26(34-27(33-25)39-9-7-13(8-10-39)24(40)41)31-14-5-6-18(51-50-49-42)16(11-14)36-38-23-21(29)17(12-20(22(23)30)53(46,47)48)37-35-15-3-1-2-4-19(15)52(43,44)45;;;;/h1-12H,29-30H2,(H4-,31,32,33,34,40,41,42,43,44,45,46,47,48);1H4;;;/q;;3*+1/p-3. The van der Waals surface area contributed by atoms with Gasteiger partial charge in [-0.3, -0.25) is 5.04 Å². The van der Waals surface area contributed by atoms with E-state index in [9.17, 15) is 45.5 Å². The van der Waals surface area contributed by atoms with E-state index < -0.39 is 70.5 Å². The summed E-state index contributed by atoms with van der Waals surface area (Å²) in [6.07, 6.45) is 1.24. The molecule has 5 rings (SSSR count). The molecule has 22 nitrogen and oxygen atoms in total. The fraction of sp³-hybridized carbons (Fsp3) is 0.0357. The molecule has 0 bridgehead atoms. The van der Waals surface area contributed by atoms with Gasteiger partial charge >= 0.3 is 107 Å². The van der Waals surface area contributed by atoms with Crippen LogP contribution >= 0.6 is 12.0 Å². The number of rotatable bonds is 13. The molecule has 0 saturated heterocycles. The van der Waals surface area contributed by atoms with Crippen LogP contribution in [0.25, 0.3) is 5.95 Å². The first-order chi connectivity index (χ1) is 25.0. The van der Waals surface area contributed by atoms with Crippen molar-refractivity contribution in [2.45, 2.75) is 22.1 Å². The number of aromatic carboxylic acids is 1. The minimum atomic E-state index is -5.33. The predicted octanol–water partition coefficient (Wildman–Crippen LogP) is -6.92. The number of nitrogen functional groups attached to an aromatic ring is 2. The van der Waals surface area contributed by atoms with Crippen molar-refractivity contribution < 1.29 is 148 Å². The summed E-state index contributed by atoms with van der Waals surface area (Å²) in [5.74, 6) is -2.06. The number of nitrogens with two attached hydrogens (primary N) is 2. The van der Waals surface area contributed by atoms with Crippen molar-refractivity contribution in [2.24, 2.45) is 20.5 Å². The smallest absolute Gasteiger partial charge is 0.744 e. The topological polar surface area (TPSA) is 352 Å². The van der Waals surface area contributed by atoms with Crippen molar-refractivity contribution in [3.05, 3.63) is 84.7 Å². The first-order valence-corrected chi connectivity index (χ1v) is 17.4. The van der Waals surface area contributed by atoms with Gasteiger partial charge in [-0.1, -0.05) is 19.6 Å². The Morgan fingerprint density at radius 2 is 1.42 bits per heavy atom. The minimum absolute atomic E-state index is 0. The van der Waals surface area contributed by atoms with Crippen LogP contribution in [0.4, 0.5) is 50.2 Å². The molecule has 0 radical (unpaired) electrons. The molecule has 0 saturated carbocycles. The number of carbonyl (C=O) groups is 1. The van der Waals surface area contributed by atoms with Gasteiger partial charge in [0.2, 0.25) is 0 Å². The van der Waals surface area contributed by atoms with E-state index in [-0.39, 0.29) is 130 Å². The maximum absolute atomic E-state index is 14.4. The van der Waals surface area contributed by atoms with Gasteiger partial charge in [0, 0.05) is 11.3 Å². The van der Waals surface area contributed by atoms with Crippen molar-refractivity contribution in [3.63, 3.8) is 0 Å². The first-order valence-electron chi connectivity index (χ1n) is 13.8. The molecule has 5 aromatic rings. The second-order valence-electron chi connectivity index (χ2n) is 9.88. The Morgan fingerprint density at radius 1 is 0.807 bits per heavy atom. The van der Waals surface area contributed by atoms with Gasteiger partial charge in [0.1, 0.15) is 43.0 Å². The fourth-order valence-corrected chi connectivity index (χ4v) is 5.80. The molecule has 0 unspecified atom stereocenters. The van der Waals surface area contributed by atoms with Crippen LogP contribution in [-0.2, 0) is 29.6 Å². The molecule has 0 fully saturated rings. The number of nitrogens with zero attached hydrogens (tertiary/aromatic N) is 8. The predicted molar refractivity (Wildman–Crippen MR) is 176 cm³/mol. The van der Waals surface area contributed by atoms with Gasteiger partial charge in [-0.05, 0) is 58.5 Å². The number of hydrogen-bond acceptors (Lipinski definition) is 22. The third-order valence-electron chi connectivity index (χ3n) is 6.51. The van der Waals surface area contributed by atoms with E-state index in [1.807, 2.05) is 0 Å². The van der Waals surface area contributed by atoms with Gasteiger partial charge in [0.25, 0.3) is 0 Å². The summed E-state index contributed by atoms with van der Waals surface area (Å²) in [5, 5.41) is 42.9. The maximum atomic E-state index is 14.4. The Morgan fingerprint density at radius 3 is 2.04 bits per heavy atom. The number of hydrogen-bond donors (Lipinski definition) is 3. The number of benzene rings is 3. The molecule has 5 N–H and O–H groups in total. The summed E-state index contributed by atoms with van der Waals surface area (Å²) >= 11 is 0.347. The summed E-state index contributed by atoms with van der Waals surface area (Å²) in [7, 11) is -10.4. The number of aromatic nitrogens is 4. The first kappa shape index (κ1) is 51.9. The van der Waals surface area contributed by atoms with Crippen LogP contribution in [0.15, 0.2) is 108 Å². The van der Waals surface area contributed by atoms with Crippen LogP contribution in [-0.4, -0.2) is 46.9 Å². The molecule has 0 atom stereocenters. The third-order valence-corrected chi connectivity index (χ3v) is 8.91. The Bertz CT molecular complexity index is 2530. The van der Waals surface area contributed by atoms with Crippen LogP contribution < -0.4 is 120 Å². The molecule has 3 aromatic carbocycles. The zero-order valence-electron chi connectivity index (χ0n) is 28.8. The Hall–Kier alpha value is -3.13. The largest absolute Gasteiger partial charge is 1.00 e. The van der Waals surface area contributed by atoms with E-state index >= 15 is 0 Å². The number of carboxylic acid groups (broad SMARTS) is 1. The normalized spacial score (nSPS) is 11.2. The van der Waals surface area contributed by atoms with Crippen molar-refractivity contribution in [2.75, 3.05) is 16.8 Å². The van der Waals surface area contributed by atoms with Gasteiger partial charge in [-0.25, -0.2) is 21.4 Å². The Labute approximate surface area is 392 Å². The molecule has 0 aliphatic carbocycles. The summed E-state index contributed by atoms with van der Waals surface area (Å²) in [6.45, 7) is 0. The number of carboxylic acids is 1. The zero-order chi connectivity index (χ0) is 38.5. The molecular weight excluding hydrogens is 851 g/mol. The summed E-state index contributed by atoms with van der Waals surface area (Å²) in [5.41, 5.74) is 8.94. The molecule has 0 aliphatic rings. The van der Waals surface area contributed by atoms with E-state index in [1.165, 1.54) is 59.4 Å². The van der Waals surface area contributed by atoms with Crippen LogP contribution in [0.1, 0.15) is 17.8 Å². The van der Waals surface area contributed by atoms with Crippen LogP contribution in [0.5, 0.6) is 0 Å². The average Bonchev–Trinajstić information content (AvgIpc) is 3.10. The van der Waals surface area contributed by atoms with E-state index in [2.05, 4.69) is 50.1 Å². The maximum Gasteiger partial charge on any atom is 1.00 e. The minimum Gasteiger partial charge on any atom is -0.744 e. The van der Waals surface area contributed by atoms with Gasteiger partial charge in [-0.15, -0.1) is 29.8 Å². The van der Waals surface area contributed by atoms with E-state index in [1.54, 1.807) is 0 Å². The van der Waals surface area contributed by atoms with E-state index in [4.69, 9.17) is 11.5 Å². The van der Waals surface area contributed by atoms with Gasteiger partial charge in [-0.2, -0.15) is 4.33 Å². The fourth-order valence-electron chi connectivity index (χ4n) is 4.15. The van der Waals surface area contributed by atoms with Crippen LogP contribution in [0, 0.1) is 6.08 Å². The van der Waals surface area contributed by atoms with Crippen LogP contribution in [0.3, 0.4) is 0 Å². The van der Waals surface area contributed by atoms with Crippen LogP contribution in [0.2, 0.25) is 0 Å². The molecule has 282 valence electrons. The molecule has 0 aliphatic heterocycles. The van der Waals surface area contributed by atoms with Gasteiger partial charge in [0.15, 0.2) is 0 Å². The van der Waals surface area contributed by atoms with Gasteiger partial charge < -0.3 is 41.0 Å². The van der Waals surface area contributed by atoms with Crippen molar-refractivity contribution in [1.29, 1.82) is 0 Å². The number of halogens is 1. The molecule has 57 heavy (non-hydrogen) atoms. The van der Waals surface area contributed by atoms with E-state index in [0.29, 0.717) is 18.1 Å². The second kappa shape index (κ2) is 22.3. The number of pyridine rings is 1. The summed E-state index contributed by atoms with van der Waals surface area (Å²) in [4.78, 5) is 20.5. The SMILES string of the molecule is C.Nc1c(N=Nc2ccccc2S(=O)(=O)[O-])cc(S(=O)(=O)[O-])c(N)c1N=Nc1cc(Nc2nc(F)nc(-[n+]3ccc(C(=O)[O-])cc3)n2)ccc1SOO[O-].[Na+].[Na+].[Na+]. The summed E-state index contributed by atoms with van der Waals surface area (Å²) < 4.78 is 91.1. The Kier molecular flexibility index (Phi) is 20.3. The number of azo groups is 2. The monoisotopic (exact) mass is 871 g/mol. The summed E-state index contributed by atoms with van der Waals surface area (Å²) in [6, 6.07) is 11.5. The van der Waals surface area contributed by atoms with E-state index in [0.717, 1.165) is 12.1 Å². The molecule has 0 spiro atoms. The van der Waals surface area contributed by atoms with Gasteiger partial charge in [0.05, 0.1) is 56.5 Å². The molecule has 2 aromatic heterocycles. The molecule has 0 amide bonds. The zero-order valence-corrected chi connectivity index (χ0v) is 37.2. The Balaban J connectivity index is 0.00000406.